The molecule has 0 unspecified atom stereocenters. The highest BCUT2D eigenvalue weighted by molar-refractivity contribution is 5.52. The van der Waals surface area contributed by atoms with E-state index >= 15 is 0 Å². The molecule has 2 rings (SSSR count). The minimum Gasteiger partial charge on any atom is -0.379 e. The van der Waals surface area contributed by atoms with Gasteiger partial charge in [0.1, 0.15) is 0 Å². The lowest BCUT2D eigenvalue weighted by Gasteiger charge is -2.14. The molecule has 18 heavy (non-hydrogen) atoms. The van der Waals surface area contributed by atoms with E-state index in [0.717, 1.165) is 11.8 Å². The number of nitrogens with zero attached hydrogens (tertiary/aromatic N) is 1. The SMILES string of the molecule is Cn1cccc1CNc1ccccc1C(F)(F)F. The first-order chi connectivity index (χ1) is 8.48. The molecule has 1 aromatic heterocycles. The summed E-state index contributed by atoms with van der Waals surface area (Å²) in [6.45, 7) is 0.358. The van der Waals surface area contributed by atoms with E-state index < -0.39 is 11.7 Å². The Balaban J connectivity index is 2.17. The van der Waals surface area contributed by atoms with Gasteiger partial charge in [-0.15, -0.1) is 0 Å². The van der Waals surface area contributed by atoms with Crippen molar-refractivity contribution in [2.24, 2.45) is 7.05 Å². The fourth-order valence-electron chi connectivity index (χ4n) is 1.75. The molecule has 0 saturated carbocycles. The van der Waals surface area contributed by atoms with Crippen LogP contribution in [0.25, 0.3) is 0 Å². The summed E-state index contributed by atoms with van der Waals surface area (Å²) in [7, 11) is 1.85. The molecule has 0 aliphatic rings. The molecule has 0 radical (unpaired) electrons. The van der Waals surface area contributed by atoms with Gasteiger partial charge >= 0.3 is 6.18 Å². The van der Waals surface area contributed by atoms with Crippen molar-refractivity contribution in [2.75, 3.05) is 5.32 Å². The Morgan fingerprint density at radius 2 is 1.83 bits per heavy atom. The van der Waals surface area contributed by atoms with Gasteiger partial charge in [0.15, 0.2) is 0 Å². The Bertz CT molecular complexity index is 529. The number of aromatic nitrogens is 1. The molecule has 0 saturated heterocycles. The zero-order chi connectivity index (χ0) is 13.2. The minimum absolute atomic E-state index is 0.103. The third-order valence-corrected chi connectivity index (χ3v) is 2.74. The second-order valence-electron chi connectivity index (χ2n) is 4.01. The van der Waals surface area contributed by atoms with Gasteiger partial charge in [-0.3, -0.25) is 0 Å². The molecule has 0 spiro atoms. The van der Waals surface area contributed by atoms with Crippen molar-refractivity contribution in [3.8, 4) is 0 Å². The van der Waals surface area contributed by atoms with Crippen molar-refractivity contribution >= 4 is 5.69 Å². The summed E-state index contributed by atoms with van der Waals surface area (Å²) >= 11 is 0. The molecule has 0 atom stereocenters. The summed E-state index contributed by atoms with van der Waals surface area (Å²) in [5.74, 6) is 0. The first-order valence-electron chi connectivity index (χ1n) is 5.49. The normalized spacial score (nSPS) is 11.6. The third-order valence-electron chi connectivity index (χ3n) is 2.74. The van der Waals surface area contributed by atoms with E-state index in [1.807, 2.05) is 29.9 Å². The Hall–Kier alpha value is -1.91. The monoisotopic (exact) mass is 254 g/mol. The van der Waals surface area contributed by atoms with E-state index in [2.05, 4.69) is 5.32 Å². The molecule has 0 amide bonds. The first-order valence-corrected chi connectivity index (χ1v) is 5.49. The number of benzene rings is 1. The molecule has 0 fully saturated rings. The second-order valence-corrected chi connectivity index (χ2v) is 4.01. The lowest BCUT2D eigenvalue weighted by molar-refractivity contribution is -0.136. The van der Waals surface area contributed by atoms with Crippen LogP contribution < -0.4 is 5.32 Å². The van der Waals surface area contributed by atoms with Crippen LogP contribution in [0.2, 0.25) is 0 Å². The molecule has 1 N–H and O–H groups in total. The van der Waals surface area contributed by atoms with Crippen LogP contribution in [0.4, 0.5) is 18.9 Å². The predicted octanol–water partition coefficient (Wildman–Crippen LogP) is 3.66. The van der Waals surface area contributed by atoms with Gasteiger partial charge < -0.3 is 9.88 Å². The van der Waals surface area contributed by atoms with Crippen molar-refractivity contribution in [1.29, 1.82) is 0 Å². The fraction of sp³-hybridized carbons (Fsp3) is 0.231. The molecular weight excluding hydrogens is 241 g/mol. The maximum Gasteiger partial charge on any atom is 0.418 e. The Kier molecular flexibility index (Phi) is 3.32. The standard InChI is InChI=1S/C13H13F3N2/c1-18-8-4-5-10(18)9-17-12-7-3-2-6-11(12)13(14,15)16/h2-8,17H,9H2,1H3. The molecule has 96 valence electrons. The lowest BCUT2D eigenvalue weighted by atomic mass is 10.1. The molecule has 2 aromatic rings. The smallest absolute Gasteiger partial charge is 0.379 e. The number of para-hydroxylation sites is 1. The van der Waals surface area contributed by atoms with E-state index in [9.17, 15) is 13.2 Å². The van der Waals surface area contributed by atoms with E-state index in [4.69, 9.17) is 0 Å². The van der Waals surface area contributed by atoms with E-state index in [-0.39, 0.29) is 5.69 Å². The van der Waals surface area contributed by atoms with Crippen LogP contribution in [0.15, 0.2) is 42.6 Å². The van der Waals surface area contributed by atoms with Crippen LogP contribution >= 0.6 is 0 Å². The number of nitrogens with one attached hydrogen (secondary N) is 1. The van der Waals surface area contributed by atoms with Crippen LogP contribution in [0.1, 0.15) is 11.3 Å². The molecule has 2 nitrogen and oxygen atoms in total. The number of rotatable bonds is 3. The lowest BCUT2D eigenvalue weighted by Crippen LogP contribution is -2.11. The summed E-state index contributed by atoms with van der Waals surface area (Å²) < 4.78 is 40.1. The van der Waals surface area contributed by atoms with Crippen molar-refractivity contribution in [1.82, 2.24) is 4.57 Å². The molecule has 5 heteroatoms. The van der Waals surface area contributed by atoms with Crippen LogP contribution in [0.3, 0.4) is 0 Å². The Morgan fingerprint density at radius 3 is 2.44 bits per heavy atom. The number of aryl methyl sites for hydroxylation is 1. The van der Waals surface area contributed by atoms with Gasteiger partial charge in [-0.2, -0.15) is 13.2 Å². The molecule has 1 aromatic carbocycles. The Labute approximate surface area is 103 Å². The van der Waals surface area contributed by atoms with Gasteiger partial charge in [0.25, 0.3) is 0 Å². The van der Waals surface area contributed by atoms with Crippen molar-refractivity contribution in [2.45, 2.75) is 12.7 Å². The van der Waals surface area contributed by atoms with Gasteiger partial charge in [-0.1, -0.05) is 12.1 Å². The minimum atomic E-state index is -4.34. The van der Waals surface area contributed by atoms with E-state index in [1.54, 1.807) is 6.07 Å². The first kappa shape index (κ1) is 12.5. The van der Waals surface area contributed by atoms with Gasteiger partial charge in [0, 0.05) is 24.6 Å². The quantitative estimate of drug-likeness (QED) is 0.884. The second kappa shape index (κ2) is 4.76. The molecule has 0 aliphatic carbocycles. The number of halogens is 3. The van der Waals surface area contributed by atoms with E-state index in [1.165, 1.54) is 12.1 Å². The van der Waals surface area contributed by atoms with E-state index in [0.29, 0.717) is 6.54 Å². The maximum atomic E-state index is 12.7. The van der Waals surface area contributed by atoms with Crippen molar-refractivity contribution in [3.63, 3.8) is 0 Å². The topological polar surface area (TPSA) is 17.0 Å². The zero-order valence-electron chi connectivity index (χ0n) is 9.83. The number of alkyl halides is 3. The average molecular weight is 254 g/mol. The summed E-state index contributed by atoms with van der Waals surface area (Å²) in [6, 6.07) is 9.20. The molecular formula is C13H13F3N2. The van der Waals surface area contributed by atoms with Gasteiger partial charge in [0.2, 0.25) is 0 Å². The molecule has 0 aliphatic heterocycles. The summed E-state index contributed by atoms with van der Waals surface area (Å²) in [5.41, 5.74) is 0.386. The van der Waals surface area contributed by atoms with Crippen LogP contribution in [0.5, 0.6) is 0 Å². The highest BCUT2D eigenvalue weighted by Gasteiger charge is 2.32. The van der Waals surface area contributed by atoms with Crippen LogP contribution in [-0.4, -0.2) is 4.57 Å². The number of hydrogen-bond donors (Lipinski definition) is 1. The molecule has 0 bridgehead atoms. The summed E-state index contributed by atoms with van der Waals surface area (Å²) in [6.07, 6.45) is -2.48. The summed E-state index contributed by atoms with van der Waals surface area (Å²) in [5, 5.41) is 2.82. The van der Waals surface area contributed by atoms with Gasteiger partial charge in [-0.05, 0) is 24.3 Å². The maximum absolute atomic E-state index is 12.7. The largest absolute Gasteiger partial charge is 0.418 e. The number of anilines is 1. The highest BCUT2D eigenvalue weighted by Crippen LogP contribution is 2.34. The number of hydrogen-bond acceptors (Lipinski definition) is 1. The molecule has 1 heterocycles. The summed E-state index contributed by atoms with van der Waals surface area (Å²) in [4.78, 5) is 0. The van der Waals surface area contributed by atoms with Crippen molar-refractivity contribution in [3.05, 3.63) is 53.9 Å². The highest BCUT2D eigenvalue weighted by atomic mass is 19.4. The fourth-order valence-corrected chi connectivity index (χ4v) is 1.75. The van der Waals surface area contributed by atoms with Gasteiger partial charge in [0.05, 0.1) is 12.1 Å². The van der Waals surface area contributed by atoms with Crippen molar-refractivity contribution < 1.29 is 13.2 Å². The average Bonchev–Trinajstić information content (AvgIpc) is 2.71. The van der Waals surface area contributed by atoms with Crippen LogP contribution in [-0.2, 0) is 19.8 Å². The van der Waals surface area contributed by atoms with Gasteiger partial charge in [-0.25, -0.2) is 0 Å². The predicted molar refractivity (Wildman–Crippen MR) is 64.2 cm³/mol. The van der Waals surface area contributed by atoms with Crippen LogP contribution in [0, 0.1) is 0 Å². The Morgan fingerprint density at radius 1 is 1.11 bits per heavy atom. The zero-order valence-corrected chi connectivity index (χ0v) is 9.83. The third kappa shape index (κ3) is 2.67.